The number of amides is 1. The van der Waals surface area contributed by atoms with Gasteiger partial charge >= 0.3 is 5.97 Å². The highest BCUT2D eigenvalue weighted by Crippen LogP contribution is 2.36. The van der Waals surface area contributed by atoms with Gasteiger partial charge in [-0.15, -0.1) is 11.8 Å². The van der Waals surface area contributed by atoms with Crippen LogP contribution in [0, 0.1) is 0 Å². The zero-order chi connectivity index (χ0) is 21.2. The number of aliphatic carboxylic acids is 1. The molecule has 0 fully saturated rings. The molecule has 2 rings (SSSR count). The van der Waals surface area contributed by atoms with Crippen molar-refractivity contribution in [3.05, 3.63) is 51.5 Å². The number of nitrogens with one attached hydrogen (secondary N) is 1. The molecular weight excluding hydrogens is 484 g/mol. The number of nitrogens with zero attached hydrogens (tertiary/aromatic N) is 1. The van der Waals surface area contributed by atoms with Gasteiger partial charge in [0.2, 0.25) is 5.91 Å². The highest BCUT2D eigenvalue weighted by Gasteiger charge is 2.13. The lowest BCUT2D eigenvalue weighted by Gasteiger charge is -2.13. The number of carboxylic acids is 1. The summed E-state index contributed by atoms with van der Waals surface area (Å²) in [6.45, 7) is 1.68. The molecule has 0 heterocycles. The number of thioether (sulfide) groups is 1. The van der Waals surface area contributed by atoms with Gasteiger partial charge in [-0.1, -0.05) is 11.6 Å². The fourth-order valence-corrected chi connectivity index (χ4v) is 3.48. The summed E-state index contributed by atoms with van der Waals surface area (Å²) in [6.07, 6.45) is 1.46. The minimum Gasteiger partial charge on any atom is -0.490 e. The van der Waals surface area contributed by atoms with E-state index in [-0.39, 0.29) is 17.4 Å². The molecule has 0 aliphatic heterocycles. The summed E-state index contributed by atoms with van der Waals surface area (Å²) < 4.78 is 11.3. The molecule has 2 aromatic carbocycles. The van der Waals surface area contributed by atoms with Crippen LogP contribution in [0.15, 0.2) is 50.9 Å². The quantitative estimate of drug-likeness (QED) is 0.288. The van der Waals surface area contributed by atoms with Gasteiger partial charge in [-0.25, -0.2) is 10.2 Å². The molecule has 0 aliphatic carbocycles. The lowest BCUT2D eigenvalue weighted by molar-refractivity contribution is -0.139. The van der Waals surface area contributed by atoms with E-state index in [0.717, 1.165) is 4.90 Å². The Kier molecular flexibility index (Phi) is 9.30. The van der Waals surface area contributed by atoms with Gasteiger partial charge < -0.3 is 14.6 Å². The van der Waals surface area contributed by atoms with Crippen LogP contribution in [0.4, 0.5) is 0 Å². The number of carboxylic acid groups (broad SMARTS) is 1. The third kappa shape index (κ3) is 7.96. The second-order valence-electron chi connectivity index (χ2n) is 5.48. The Balaban J connectivity index is 1.97. The van der Waals surface area contributed by atoms with Gasteiger partial charge in [-0.05, 0) is 64.8 Å². The molecule has 10 heteroatoms. The average Bonchev–Trinajstić information content (AvgIpc) is 2.67. The number of ether oxygens (including phenoxy) is 2. The number of hydrazone groups is 1. The van der Waals surface area contributed by atoms with Crippen LogP contribution >= 0.6 is 39.3 Å². The van der Waals surface area contributed by atoms with E-state index in [1.807, 2.05) is 12.1 Å². The van der Waals surface area contributed by atoms with E-state index in [4.69, 9.17) is 26.2 Å². The zero-order valence-corrected chi connectivity index (χ0v) is 18.5. The van der Waals surface area contributed by atoms with Crippen molar-refractivity contribution in [2.75, 3.05) is 19.0 Å². The van der Waals surface area contributed by atoms with E-state index < -0.39 is 12.6 Å². The summed E-state index contributed by atoms with van der Waals surface area (Å²) >= 11 is 10.5. The lowest BCUT2D eigenvalue weighted by Crippen LogP contribution is -2.19. The largest absolute Gasteiger partial charge is 0.490 e. The molecule has 0 aliphatic rings. The minimum atomic E-state index is -1.09. The highest BCUT2D eigenvalue weighted by atomic mass is 79.9. The number of benzene rings is 2. The summed E-state index contributed by atoms with van der Waals surface area (Å²) in [6, 6.07) is 10.5. The molecule has 0 saturated heterocycles. The smallest absolute Gasteiger partial charge is 0.341 e. The predicted octanol–water partition coefficient (Wildman–Crippen LogP) is 4.21. The van der Waals surface area contributed by atoms with Crippen molar-refractivity contribution >= 4 is 57.4 Å². The minimum absolute atomic E-state index is 0.203. The van der Waals surface area contributed by atoms with Crippen LogP contribution < -0.4 is 14.9 Å². The molecule has 7 nitrogen and oxygen atoms in total. The van der Waals surface area contributed by atoms with E-state index in [1.165, 1.54) is 18.0 Å². The monoisotopic (exact) mass is 500 g/mol. The van der Waals surface area contributed by atoms with Crippen molar-refractivity contribution in [2.45, 2.75) is 11.8 Å². The number of carbonyl (C=O) groups is 2. The highest BCUT2D eigenvalue weighted by molar-refractivity contribution is 9.10. The first kappa shape index (κ1) is 23.1. The third-order valence-electron chi connectivity index (χ3n) is 3.26. The topological polar surface area (TPSA) is 97.2 Å². The van der Waals surface area contributed by atoms with Crippen LogP contribution in [-0.4, -0.2) is 42.2 Å². The fourth-order valence-electron chi connectivity index (χ4n) is 2.09. The van der Waals surface area contributed by atoms with E-state index in [9.17, 15) is 9.59 Å². The van der Waals surface area contributed by atoms with Gasteiger partial charge in [-0.2, -0.15) is 5.10 Å². The van der Waals surface area contributed by atoms with Crippen molar-refractivity contribution in [1.29, 1.82) is 0 Å². The summed E-state index contributed by atoms with van der Waals surface area (Å²) in [5.74, 6) is -0.491. The molecule has 0 atom stereocenters. The Morgan fingerprint density at radius 3 is 2.66 bits per heavy atom. The van der Waals surface area contributed by atoms with Gasteiger partial charge in [-0.3, -0.25) is 4.79 Å². The summed E-state index contributed by atoms with van der Waals surface area (Å²) in [5.41, 5.74) is 3.09. The number of rotatable bonds is 10. The molecule has 0 saturated carbocycles. The molecule has 0 aromatic heterocycles. The number of carbonyl (C=O) groups excluding carboxylic acids is 1. The Morgan fingerprint density at radius 1 is 1.28 bits per heavy atom. The van der Waals surface area contributed by atoms with E-state index >= 15 is 0 Å². The predicted molar refractivity (Wildman–Crippen MR) is 116 cm³/mol. The molecular formula is C19H18BrClN2O5S. The molecule has 0 bridgehead atoms. The normalized spacial score (nSPS) is 10.7. The van der Waals surface area contributed by atoms with Gasteiger partial charge in [0, 0.05) is 9.92 Å². The van der Waals surface area contributed by atoms with Crippen molar-refractivity contribution in [3.63, 3.8) is 0 Å². The standard InChI is InChI=1S/C19H18BrClN2O5S/c1-2-27-16-8-12(7-15(20)19(16)28-10-18(25)26)9-22-23-17(24)11-29-14-5-3-13(21)4-6-14/h3-9H,2,10-11H2,1H3,(H,23,24)(H,25,26)/b22-9-. The van der Waals surface area contributed by atoms with E-state index in [2.05, 4.69) is 26.5 Å². The van der Waals surface area contributed by atoms with Gasteiger partial charge in [0.1, 0.15) is 0 Å². The molecule has 29 heavy (non-hydrogen) atoms. The maximum absolute atomic E-state index is 11.9. The second-order valence-corrected chi connectivity index (χ2v) is 7.82. The zero-order valence-electron chi connectivity index (χ0n) is 15.4. The van der Waals surface area contributed by atoms with E-state index in [1.54, 1.807) is 31.2 Å². The van der Waals surface area contributed by atoms with Crippen LogP contribution in [0.2, 0.25) is 5.02 Å². The third-order valence-corrected chi connectivity index (χ3v) is 5.11. The van der Waals surface area contributed by atoms with Crippen molar-refractivity contribution < 1.29 is 24.2 Å². The first-order valence-electron chi connectivity index (χ1n) is 8.40. The lowest BCUT2D eigenvalue weighted by atomic mass is 10.2. The molecule has 0 spiro atoms. The molecule has 1 amide bonds. The Hall–Kier alpha value is -2.23. The van der Waals surface area contributed by atoms with Crippen molar-refractivity contribution in [3.8, 4) is 11.5 Å². The van der Waals surface area contributed by atoms with Gasteiger partial charge in [0.15, 0.2) is 18.1 Å². The van der Waals surface area contributed by atoms with Crippen molar-refractivity contribution in [1.82, 2.24) is 5.43 Å². The second kappa shape index (κ2) is 11.7. The van der Waals surface area contributed by atoms with Crippen LogP contribution in [0.1, 0.15) is 12.5 Å². The number of halogens is 2. The summed E-state index contributed by atoms with van der Waals surface area (Å²) in [4.78, 5) is 23.6. The Bertz CT molecular complexity index is 893. The molecule has 2 aromatic rings. The SMILES string of the molecule is CCOc1cc(/C=N\NC(=O)CSc2ccc(Cl)cc2)cc(Br)c1OCC(=O)O. The average molecular weight is 502 g/mol. The van der Waals surface area contributed by atoms with Gasteiger partial charge in [0.25, 0.3) is 0 Å². The molecule has 0 radical (unpaired) electrons. The van der Waals surface area contributed by atoms with Crippen molar-refractivity contribution in [2.24, 2.45) is 5.10 Å². The fraction of sp³-hybridized carbons (Fsp3) is 0.211. The number of hydrogen-bond acceptors (Lipinski definition) is 6. The van der Waals surface area contributed by atoms with Crippen LogP contribution in [0.3, 0.4) is 0 Å². The maximum atomic E-state index is 11.9. The summed E-state index contributed by atoms with van der Waals surface area (Å²) in [7, 11) is 0. The first-order chi connectivity index (χ1) is 13.9. The maximum Gasteiger partial charge on any atom is 0.341 e. The first-order valence-corrected chi connectivity index (χ1v) is 10.6. The molecule has 0 unspecified atom stereocenters. The van der Waals surface area contributed by atoms with Crippen LogP contribution in [-0.2, 0) is 9.59 Å². The van der Waals surface area contributed by atoms with Crippen LogP contribution in [0.25, 0.3) is 0 Å². The summed E-state index contributed by atoms with van der Waals surface area (Å²) in [5, 5.41) is 13.4. The van der Waals surface area contributed by atoms with Gasteiger partial charge in [0.05, 0.1) is 23.0 Å². The Labute approximate surface area is 185 Å². The van der Waals surface area contributed by atoms with E-state index in [0.29, 0.717) is 27.4 Å². The Morgan fingerprint density at radius 2 is 2.00 bits per heavy atom. The van der Waals surface area contributed by atoms with Crippen LogP contribution in [0.5, 0.6) is 11.5 Å². The number of hydrogen-bond donors (Lipinski definition) is 2. The molecule has 154 valence electrons. The molecule has 2 N–H and O–H groups in total.